The van der Waals surface area contributed by atoms with Crippen molar-refractivity contribution >= 4 is 11.3 Å². The summed E-state index contributed by atoms with van der Waals surface area (Å²) in [4.78, 5) is 3.11. The molecule has 0 aliphatic carbocycles. The third kappa shape index (κ3) is 2.57. The number of rotatable bonds is 4. The van der Waals surface area contributed by atoms with Crippen molar-refractivity contribution in [3.63, 3.8) is 0 Å². The molecule has 74 valence electrons. The molecule has 0 nitrogen and oxygen atoms in total. The summed E-state index contributed by atoms with van der Waals surface area (Å²) in [6.45, 7) is 9.09. The molecule has 0 unspecified atom stereocenters. The van der Waals surface area contributed by atoms with Crippen LogP contribution in [0.25, 0.3) is 0 Å². The van der Waals surface area contributed by atoms with Gasteiger partial charge in [-0.2, -0.15) is 0 Å². The Hall–Kier alpha value is -0.300. The molecule has 0 radical (unpaired) electrons. The molecular weight excluding hydrogens is 176 g/mol. The van der Waals surface area contributed by atoms with Crippen LogP contribution in [0.4, 0.5) is 0 Å². The van der Waals surface area contributed by atoms with Gasteiger partial charge in [0, 0.05) is 9.75 Å². The van der Waals surface area contributed by atoms with E-state index in [1.807, 2.05) is 11.3 Å². The highest BCUT2D eigenvalue weighted by Gasteiger charge is 2.10. The van der Waals surface area contributed by atoms with Crippen LogP contribution in [-0.2, 0) is 0 Å². The molecule has 1 aromatic rings. The van der Waals surface area contributed by atoms with Crippen LogP contribution in [0, 0.1) is 0 Å². The number of thiophene rings is 1. The molecule has 0 N–H and O–H groups in total. The van der Waals surface area contributed by atoms with Crippen LogP contribution >= 0.6 is 11.3 Å². The highest BCUT2D eigenvalue weighted by atomic mass is 32.1. The van der Waals surface area contributed by atoms with Gasteiger partial charge in [0.2, 0.25) is 0 Å². The van der Waals surface area contributed by atoms with E-state index in [0.29, 0.717) is 5.92 Å². The van der Waals surface area contributed by atoms with Crippen molar-refractivity contribution < 1.29 is 0 Å². The molecule has 1 aromatic heterocycles. The minimum Gasteiger partial charge on any atom is -0.145 e. The predicted octanol–water partition coefficient (Wildman–Crippen LogP) is 4.78. The average molecular weight is 196 g/mol. The summed E-state index contributed by atoms with van der Waals surface area (Å²) >= 11 is 2.00. The Kier molecular flexibility index (Phi) is 3.98. The van der Waals surface area contributed by atoms with Crippen molar-refractivity contribution in [3.8, 4) is 0 Å². The van der Waals surface area contributed by atoms with Crippen molar-refractivity contribution in [2.45, 2.75) is 52.4 Å². The van der Waals surface area contributed by atoms with Crippen molar-refractivity contribution in [1.82, 2.24) is 0 Å². The average Bonchev–Trinajstić information content (AvgIpc) is 2.56. The SMILES string of the molecule is CCC(CC)c1ccc(C(C)C)s1. The Morgan fingerprint density at radius 2 is 1.62 bits per heavy atom. The molecular formula is C12H20S. The molecule has 1 heterocycles. The maximum Gasteiger partial charge on any atom is 0.00790 e. The summed E-state index contributed by atoms with van der Waals surface area (Å²) in [5.41, 5.74) is 0. The lowest BCUT2D eigenvalue weighted by Crippen LogP contribution is -1.90. The van der Waals surface area contributed by atoms with Gasteiger partial charge in [-0.15, -0.1) is 11.3 Å². The second kappa shape index (κ2) is 4.80. The first-order valence-corrected chi connectivity index (χ1v) is 6.10. The first-order chi connectivity index (χ1) is 6.19. The number of hydrogen-bond acceptors (Lipinski definition) is 1. The summed E-state index contributed by atoms with van der Waals surface area (Å²) in [6, 6.07) is 4.61. The maximum atomic E-state index is 2.32. The fraction of sp³-hybridized carbons (Fsp3) is 0.667. The molecule has 0 saturated carbocycles. The van der Waals surface area contributed by atoms with Gasteiger partial charge < -0.3 is 0 Å². The zero-order valence-corrected chi connectivity index (χ0v) is 9.95. The summed E-state index contributed by atoms with van der Waals surface area (Å²) in [7, 11) is 0. The Bertz CT molecular complexity index is 243. The first kappa shape index (κ1) is 10.8. The van der Waals surface area contributed by atoms with E-state index in [-0.39, 0.29) is 0 Å². The van der Waals surface area contributed by atoms with Gasteiger partial charge >= 0.3 is 0 Å². The van der Waals surface area contributed by atoms with Gasteiger partial charge in [0.1, 0.15) is 0 Å². The molecule has 0 aromatic carbocycles. The van der Waals surface area contributed by atoms with Gasteiger partial charge in [-0.05, 0) is 36.8 Å². The lowest BCUT2D eigenvalue weighted by Gasteiger charge is -2.08. The molecule has 0 aliphatic rings. The molecule has 0 bridgehead atoms. The topological polar surface area (TPSA) is 0 Å². The lowest BCUT2D eigenvalue weighted by atomic mass is 10.0. The van der Waals surface area contributed by atoms with E-state index in [9.17, 15) is 0 Å². The fourth-order valence-corrected chi connectivity index (χ4v) is 2.87. The van der Waals surface area contributed by atoms with Crippen molar-refractivity contribution in [2.75, 3.05) is 0 Å². The fourth-order valence-electron chi connectivity index (χ4n) is 1.59. The summed E-state index contributed by atoms with van der Waals surface area (Å²) in [6.07, 6.45) is 2.54. The largest absolute Gasteiger partial charge is 0.145 e. The second-order valence-corrected chi connectivity index (χ2v) is 5.06. The van der Waals surface area contributed by atoms with Gasteiger partial charge in [-0.1, -0.05) is 27.7 Å². The quantitative estimate of drug-likeness (QED) is 0.650. The molecule has 0 saturated heterocycles. The third-order valence-electron chi connectivity index (χ3n) is 2.60. The molecule has 1 heteroatoms. The van der Waals surface area contributed by atoms with E-state index in [1.54, 1.807) is 4.88 Å². The molecule has 0 atom stereocenters. The van der Waals surface area contributed by atoms with E-state index in [4.69, 9.17) is 0 Å². The third-order valence-corrected chi connectivity index (χ3v) is 4.15. The lowest BCUT2D eigenvalue weighted by molar-refractivity contribution is 0.653. The normalized spacial score (nSPS) is 11.5. The zero-order valence-electron chi connectivity index (χ0n) is 9.13. The maximum absolute atomic E-state index is 2.32. The van der Waals surface area contributed by atoms with Crippen LogP contribution in [0.3, 0.4) is 0 Å². The monoisotopic (exact) mass is 196 g/mol. The van der Waals surface area contributed by atoms with Gasteiger partial charge in [0.15, 0.2) is 0 Å². The predicted molar refractivity (Wildman–Crippen MR) is 61.7 cm³/mol. The minimum absolute atomic E-state index is 0.688. The second-order valence-electron chi connectivity index (χ2n) is 3.91. The Morgan fingerprint density at radius 3 is 2.00 bits per heavy atom. The van der Waals surface area contributed by atoms with Crippen LogP contribution in [0.15, 0.2) is 12.1 Å². The van der Waals surface area contributed by atoms with Gasteiger partial charge in [-0.25, -0.2) is 0 Å². The molecule has 0 spiro atoms. The molecule has 0 fully saturated rings. The Balaban J connectivity index is 2.78. The first-order valence-electron chi connectivity index (χ1n) is 5.28. The van der Waals surface area contributed by atoms with Gasteiger partial charge in [0.25, 0.3) is 0 Å². The summed E-state index contributed by atoms with van der Waals surface area (Å²) in [5.74, 6) is 1.48. The standard InChI is InChI=1S/C12H20S/c1-5-10(6-2)12-8-7-11(13-12)9(3)4/h7-10H,5-6H2,1-4H3. The van der Waals surface area contributed by atoms with Gasteiger partial charge in [-0.3, -0.25) is 0 Å². The van der Waals surface area contributed by atoms with Crippen LogP contribution < -0.4 is 0 Å². The van der Waals surface area contributed by atoms with E-state index in [1.165, 1.54) is 17.7 Å². The van der Waals surface area contributed by atoms with E-state index < -0.39 is 0 Å². The highest BCUT2D eigenvalue weighted by molar-refractivity contribution is 7.12. The van der Waals surface area contributed by atoms with Crippen molar-refractivity contribution in [1.29, 1.82) is 0 Å². The molecule has 0 amide bonds. The van der Waals surface area contributed by atoms with Crippen LogP contribution in [0.1, 0.15) is 62.1 Å². The number of hydrogen-bond donors (Lipinski definition) is 0. The van der Waals surface area contributed by atoms with E-state index >= 15 is 0 Å². The van der Waals surface area contributed by atoms with Crippen LogP contribution in [-0.4, -0.2) is 0 Å². The smallest absolute Gasteiger partial charge is 0.00790 e. The Morgan fingerprint density at radius 1 is 1.08 bits per heavy atom. The van der Waals surface area contributed by atoms with Crippen LogP contribution in [0.2, 0.25) is 0 Å². The minimum atomic E-state index is 0.688. The Labute approximate surface area is 86.0 Å². The summed E-state index contributed by atoms with van der Waals surface area (Å²) < 4.78 is 0. The van der Waals surface area contributed by atoms with Crippen molar-refractivity contribution in [2.24, 2.45) is 0 Å². The summed E-state index contributed by atoms with van der Waals surface area (Å²) in [5, 5.41) is 0. The zero-order chi connectivity index (χ0) is 9.84. The van der Waals surface area contributed by atoms with Gasteiger partial charge in [0.05, 0.1) is 0 Å². The van der Waals surface area contributed by atoms with E-state index in [0.717, 1.165) is 5.92 Å². The molecule has 1 rings (SSSR count). The van der Waals surface area contributed by atoms with E-state index in [2.05, 4.69) is 39.8 Å². The highest BCUT2D eigenvalue weighted by Crippen LogP contribution is 2.32. The van der Waals surface area contributed by atoms with Crippen LogP contribution in [0.5, 0.6) is 0 Å². The van der Waals surface area contributed by atoms with Crippen molar-refractivity contribution in [3.05, 3.63) is 21.9 Å². The molecule has 0 aliphatic heterocycles. The molecule has 13 heavy (non-hydrogen) atoms.